The quantitative estimate of drug-likeness (QED) is 0.844. The van der Waals surface area contributed by atoms with Crippen molar-refractivity contribution in [3.05, 3.63) is 36.2 Å². The molecule has 6 nitrogen and oxygen atoms in total. The highest BCUT2D eigenvalue weighted by molar-refractivity contribution is 5.89. The minimum atomic E-state index is -0.212. The fourth-order valence-electron chi connectivity index (χ4n) is 1.55. The molecule has 3 N–H and O–H groups in total. The molecule has 0 aliphatic heterocycles. The van der Waals surface area contributed by atoms with E-state index in [2.05, 4.69) is 15.3 Å². The molecule has 0 radical (unpaired) electrons. The van der Waals surface area contributed by atoms with Crippen LogP contribution in [0.15, 0.2) is 30.6 Å². The van der Waals surface area contributed by atoms with E-state index in [0.717, 1.165) is 0 Å². The first-order valence-corrected chi connectivity index (χ1v) is 5.50. The van der Waals surface area contributed by atoms with Gasteiger partial charge in [0.1, 0.15) is 11.9 Å². The van der Waals surface area contributed by atoms with Gasteiger partial charge >= 0.3 is 0 Å². The molecule has 19 heavy (non-hydrogen) atoms. The lowest BCUT2D eigenvalue weighted by Crippen LogP contribution is -2.08. The average Bonchev–Trinajstić information content (AvgIpc) is 2.38. The fourth-order valence-corrected chi connectivity index (χ4v) is 1.55. The molecule has 0 spiro atoms. The fraction of sp³-hybridized carbons (Fsp3) is 0.0769. The van der Waals surface area contributed by atoms with Crippen molar-refractivity contribution in [2.75, 3.05) is 11.1 Å². The Balaban J connectivity index is 2.34. The summed E-state index contributed by atoms with van der Waals surface area (Å²) in [5.41, 5.74) is 8.11. The SMILES string of the molecule is CC(=O)Nc1cc(N)c(-c2ccc(C#N)cn2)cn1. The number of nitrogen functional groups attached to an aromatic ring is 1. The Kier molecular flexibility index (Phi) is 3.39. The molecular weight excluding hydrogens is 242 g/mol. The minimum Gasteiger partial charge on any atom is -0.398 e. The summed E-state index contributed by atoms with van der Waals surface area (Å²) in [7, 11) is 0. The van der Waals surface area contributed by atoms with Gasteiger partial charge in [-0.1, -0.05) is 0 Å². The molecule has 94 valence electrons. The molecule has 0 saturated heterocycles. The molecule has 2 aromatic rings. The number of carbonyl (C=O) groups excluding carboxylic acids is 1. The molecule has 0 saturated carbocycles. The van der Waals surface area contributed by atoms with Crippen molar-refractivity contribution in [1.82, 2.24) is 9.97 Å². The molecule has 1 amide bonds. The normalized spacial score (nSPS) is 9.68. The Morgan fingerprint density at radius 3 is 2.68 bits per heavy atom. The van der Waals surface area contributed by atoms with Crippen LogP contribution in [0.5, 0.6) is 0 Å². The summed E-state index contributed by atoms with van der Waals surface area (Å²) in [5, 5.41) is 11.3. The number of aromatic nitrogens is 2. The highest BCUT2D eigenvalue weighted by atomic mass is 16.1. The van der Waals surface area contributed by atoms with E-state index >= 15 is 0 Å². The van der Waals surface area contributed by atoms with Gasteiger partial charge in [-0.15, -0.1) is 0 Å². The largest absolute Gasteiger partial charge is 0.398 e. The van der Waals surface area contributed by atoms with E-state index < -0.39 is 0 Å². The van der Waals surface area contributed by atoms with Gasteiger partial charge in [0.15, 0.2) is 0 Å². The summed E-state index contributed by atoms with van der Waals surface area (Å²) < 4.78 is 0. The zero-order valence-corrected chi connectivity index (χ0v) is 10.2. The van der Waals surface area contributed by atoms with Crippen LogP contribution in [0.3, 0.4) is 0 Å². The number of nitriles is 1. The number of rotatable bonds is 2. The number of amides is 1. The first kappa shape index (κ1) is 12.5. The molecule has 0 atom stereocenters. The van der Waals surface area contributed by atoms with Crippen LogP contribution < -0.4 is 11.1 Å². The Bertz CT molecular complexity index is 658. The van der Waals surface area contributed by atoms with Crippen LogP contribution in [-0.2, 0) is 4.79 Å². The van der Waals surface area contributed by atoms with E-state index in [1.807, 2.05) is 6.07 Å². The maximum absolute atomic E-state index is 10.9. The average molecular weight is 253 g/mol. The lowest BCUT2D eigenvalue weighted by atomic mass is 10.1. The second-order valence-corrected chi connectivity index (χ2v) is 3.88. The topological polar surface area (TPSA) is 105 Å². The molecule has 0 fully saturated rings. The molecule has 2 rings (SSSR count). The lowest BCUT2D eigenvalue weighted by molar-refractivity contribution is -0.114. The first-order valence-electron chi connectivity index (χ1n) is 5.50. The van der Waals surface area contributed by atoms with Crippen molar-refractivity contribution in [2.24, 2.45) is 0 Å². The number of nitrogens with zero attached hydrogens (tertiary/aromatic N) is 3. The third-order valence-electron chi connectivity index (χ3n) is 2.41. The van der Waals surface area contributed by atoms with Crippen LogP contribution in [0.2, 0.25) is 0 Å². The Hall–Kier alpha value is -2.94. The summed E-state index contributed by atoms with van der Waals surface area (Å²) in [6.07, 6.45) is 3.01. The monoisotopic (exact) mass is 253 g/mol. The van der Waals surface area contributed by atoms with Crippen LogP contribution in [0.1, 0.15) is 12.5 Å². The first-order chi connectivity index (χ1) is 9.10. The van der Waals surface area contributed by atoms with Crippen molar-refractivity contribution >= 4 is 17.4 Å². The molecule has 2 aromatic heterocycles. The molecule has 0 aromatic carbocycles. The third kappa shape index (κ3) is 2.84. The third-order valence-corrected chi connectivity index (χ3v) is 2.41. The van der Waals surface area contributed by atoms with Crippen LogP contribution in [-0.4, -0.2) is 15.9 Å². The van der Waals surface area contributed by atoms with Gasteiger partial charge in [0.25, 0.3) is 0 Å². The van der Waals surface area contributed by atoms with Crippen molar-refractivity contribution in [1.29, 1.82) is 5.26 Å². The van der Waals surface area contributed by atoms with Crippen LogP contribution in [0.25, 0.3) is 11.3 Å². The minimum absolute atomic E-state index is 0.212. The smallest absolute Gasteiger partial charge is 0.222 e. The zero-order chi connectivity index (χ0) is 13.8. The number of pyridine rings is 2. The van der Waals surface area contributed by atoms with Crippen LogP contribution in [0.4, 0.5) is 11.5 Å². The van der Waals surface area contributed by atoms with Gasteiger partial charge < -0.3 is 11.1 Å². The van der Waals surface area contributed by atoms with E-state index in [0.29, 0.717) is 28.3 Å². The summed E-state index contributed by atoms with van der Waals surface area (Å²) in [5.74, 6) is 0.179. The molecule has 0 unspecified atom stereocenters. The van der Waals surface area contributed by atoms with Crippen LogP contribution >= 0.6 is 0 Å². The second kappa shape index (κ2) is 5.14. The van der Waals surface area contributed by atoms with Gasteiger partial charge in [0.2, 0.25) is 5.91 Å². The number of anilines is 2. The van der Waals surface area contributed by atoms with E-state index in [9.17, 15) is 4.79 Å². The predicted octanol–water partition coefficient (Wildman–Crippen LogP) is 1.56. The molecule has 2 heterocycles. The maximum Gasteiger partial charge on any atom is 0.222 e. The zero-order valence-electron chi connectivity index (χ0n) is 10.2. The second-order valence-electron chi connectivity index (χ2n) is 3.88. The standard InChI is InChI=1S/C13H11N5O/c1-8(19)18-13-4-11(15)10(7-17-13)12-3-2-9(5-14)6-16-12/h2-4,6-7H,1H3,(H3,15,17,18,19). The molecule has 0 bridgehead atoms. The van der Waals surface area contributed by atoms with E-state index in [1.165, 1.54) is 19.3 Å². The Labute approximate surface area is 109 Å². The van der Waals surface area contributed by atoms with Gasteiger partial charge in [0.05, 0.1) is 11.3 Å². The molecule has 6 heteroatoms. The number of nitrogens with two attached hydrogens (primary N) is 1. The van der Waals surface area contributed by atoms with Crippen molar-refractivity contribution in [3.8, 4) is 17.3 Å². The molecular formula is C13H11N5O. The van der Waals surface area contributed by atoms with Gasteiger partial charge in [-0.2, -0.15) is 5.26 Å². The highest BCUT2D eigenvalue weighted by Crippen LogP contribution is 2.25. The van der Waals surface area contributed by atoms with E-state index in [1.54, 1.807) is 18.2 Å². The maximum atomic E-state index is 10.9. The van der Waals surface area contributed by atoms with Gasteiger partial charge in [0, 0.05) is 36.6 Å². The lowest BCUT2D eigenvalue weighted by Gasteiger charge is -2.07. The number of nitrogens with one attached hydrogen (secondary N) is 1. The number of hydrogen-bond acceptors (Lipinski definition) is 5. The van der Waals surface area contributed by atoms with E-state index in [4.69, 9.17) is 11.0 Å². The van der Waals surface area contributed by atoms with Crippen LogP contribution in [0, 0.1) is 11.3 Å². The van der Waals surface area contributed by atoms with E-state index in [-0.39, 0.29) is 5.91 Å². The van der Waals surface area contributed by atoms with Gasteiger partial charge in [-0.25, -0.2) is 4.98 Å². The Morgan fingerprint density at radius 2 is 2.16 bits per heavy atom. The molecule has 0 aliphatic carbocycles. The number of carbonyl (C=O) groups is 1. The number of hydrogen-bond donors (Lipinski definition) is 2. The highest BCUT2D eigenvalue weighted by Gasteiger charge is 2.07. The van der Waals surface area contributed by atoms with Gasteiger partial charge in [-0.05, 0) is 12.1 Å². The summed E-state index contributed by atoms with van der Waals surface area (Å²) >= 11 is 0. The van der Waals surface area contributed by atoms with Gasteiger partial charge in [-0.3, -0.25) is 9.78 Å². The summed E-state index contributed by atoms with van der Waals surface area (Å²) in [6.45, 7) is 1.40. The predicted molar refractivity (Wildman–Crippen MR) is 70.9 cm³/mol. The molecule has 0 aliphatic rings. The Morgan fingerprint density at radius 1 is 1.37 bits per heavy atom. The van der Waals surface area contributed by atoms with Crippen molar-refractivity contribution in [3.63, 3.8) is 0 Å². The summed E-state index contributed by atoms with van der Waals surface area (Å²) in [4.78, 5) is 19.1. The van der Waals surface area contributed by atoms with Crippen molar-refractivity contribution in [2.45, 2.75) is 6.92 Å². The summed E-state index contributed by atoms with van der Waals surface area (Å²) in [6, 6.07) is 6.91. The van der Waals surface area contributed by atoms with Crippen molar-refractivity contribution < 1.29 is 4.79 Å².